The number of halogens is 2. The van der Waals surface area contributed by atoms with Gasteiger partial charge in [-0.1, -0.05) is 0 Å². The lowest BCUT2D eigenvalue weighted by Gasteiger charge is -2.07. The van der Waals surface area contributed by atoms with E-state index in [1.807, 2.05) is 13.8 Å². The summed E-state index contributed by atoms with van der Waals surface area (Å²) in [4.78, 5) is 0. The van der Waals surface area contributed by atoms with Crippen LogP contribution < -0.4 is 5.32 Å². The van der Waals surface area contributed by atoms with E-state index in [-0.39, 0.29) is 23.7 Å². The Hall–Kier alpha value is -2.42. The van der Waals surface area contributed by atoms with Gasteiger partial charge in [-0.2, -0.15) is 10.4 Å². The molecule has 0 unspecified atom stereocenters. The van der Waals surface area contributed by atoms with Gasteiger partial charge >= 0.3 is 0 Å². The highest BCUT2D eigenvalue weighted by Gasteiger charge is 2.11. The number of rotatable bonds is 4. The Labute approximate surface area is 115 Å². The fourth-order valence-corrected chi connectivity index (χ4v) is 1.74. The van der Waals surface area contributed by atoms with Crippen LogP contribution in [0.3, 0.4) is 0 Å². The molecule has 2 rings (SSSR count). The van der Waals surface area contributed by atoms with Gasteiger partial charge in [-0.25, -0.2) is 8.78 Å². The minimum atomic E-state index is -0.731. The van der Waals surface area contributed by atoms with Crippen LogP contribution in [-0.4, -0.2) is 9.78 Å². The second-order valence-electron chi connectivity index (χ2n) is 4.69. The summed E-state index contributed by atoms with van der Waals surface area (Å²) in [6.45, 7) is 3.96. The SMILES string of the molecule is CC(C)n1cc(NCc2c(F)cc(C#N)cc2F)cn1. The highest BCUT2D eigenvalue weighted by molar-refractivity contribution is 5.41. The van der Waals surface area contributed by atoms with Crippen LogP contribution in [0.1, 0.15) is 31.0 Å². The molecule has 0 saturated heterocycles. The van der Waals surface area contributed by atoms with Gasteiger partial charge in [0.15, 0.2) is 0 Å². The summed E-state index contributed by atoms with van der Waals surface area (Å²) in [6, 6.07) is 3.98. The normalized spacial score (nSPS) is 10.6. The van der Waals surface area contributed by atoms with Crippen molar-refractivity contribution in [3.63, 3.8) is 0 Å². The van der Waals surface area contributed by atoms with Gasteiger partial charge in [-0.3, -0.25) is 4.68 Å². The Morgan fingerprint density at radius 3 is 2.50 bits per heavy atom. The Bertz CT molecular complexity index is 632. The maximum atomic E-state index is 13.7. The molecule has 0 bridgehead atoms. The molecule has 0 spiro atoms. The van der Waals surface area contributed by atoms with Crippen LogP contribution in [0.25, 0.3) is 0 Å². The van der Waals surface area contributed by atoms with E-state index in [4.69, 9.17) is 5.26 Å². The highest BCUT2D eigenvalue weighted by atomic mass is 19.1. The Balaban J connectivity index is 2.13. The smallest absolute Gasteiger partial charge is 0.132 e. The molecule has 2 aromatic rings. The first-order valence-corrected chi connectivity index (χ1v) is 6.17. The molecule has 0 amide bonds. The number of hydrogen-bond acceptors (Lipinski definition) is 3. The molecular weight excluding hydrogens is 262 g/mol. The number of nitriles is 1. The zero-order valence-electron chi connectivity index (χ0n) is 11.2. The van der Waals surface area contributed by atoms with Crippen molar-refractivity contribution in [3.8, 4) is 6.07 Å². The van der Waals surface area contributed by atoms with Crippen molar-refractivity contribution >= 4 is 5.69 Å². The number of nitrogens with one attached hydrogen (secondary N) is 1. The highest BCUT2D eigenvalue weighted by Crippen LogP contribution is 2.17. The molecule has 104 valence electrons. The Kier molecular flexibility index (Phi) is 3.99. The van der Waals surface area contributed by atoms with E-state index in [9.17, 15) is 8.78 Å². The second-order valence-corrected chi connectivity index (χ2v) is 4.69. The van der Waals surface area contributed by atoms with Crippen molar-refractivity contribution in [2.24, 2.45) is 0 Å². The molecule has 1 N–H and O–H groups in total. The molecule has 0 aliphatic heterocycles. The third-order valence-corrected chi connectivity index (χ3v) is 2.87. The third-order valence-electron chi connectivity index (χ3n) is 2.87. The van der Waals surface area contributed by atoms with Crippen LogP contribution in [0, 0.1) is 23.0 Å². The van der Waals surface area contributed by atoms with Gasteiger partial charge in [-0.05, 0) is 26.0 Å². The lowest BCUT2D eigenvalue weighted by molar-refractivity contribution is 0.532. The predicted molar refractivity (Wildman–Crippen MR) is 71.0 cm³/mol. The summed E-state index contributed by atoms with van der Waals surface area (Å²) < 4.78 is 29.1. The first-order valence-electron chi connectivity index (χ1n) is 6.17. The van der Waals surface area contributed by atoms with Crippen LogP contribution >= 0.6 is 0 Å². The summed E-state index contributed by atoms with van der Waals surface area (Å²) in [5, 5.41) is 15.7. The topological polar surface area (TPSA) is 53.6 Å². The van der Waals surface area contributed by atoms with Gasteiger partial charge in [0.25, 0.3) is 0 Å². The van der Waals surface area contributed by atoms with Crippen LogP contribution in [0.4, 0.5) is 14.5 Å². The van der Waals surface area contributed by atoms with Crippen molar-refractivity contribution in [1.82, 2.24) is 9.78 Å². The molecule has 0 radical (unpaired) electrons. The fraction of sp³-hybridized carbons (Fsp3) is 0.286. The van der Waals surface area contributed by atoms with Crippen molar-refractivity contribution in [1.29, 1.82) is 5.26 Å². The van der Waals surface area contributed by atoms with Gasteiger partial charge in [-0.15, -0.1) is 0 Å². The van der Waals surface area contributed by atoms with E-state index in [1.54, 1.807) is 23.1 Å². The lowest BCUT2D eigenvalue weighted by Crippen LogP contribution is -2.05. The average molecular weight is 276 g/mol. The first kappa shape index (κ1) is 14.0. The van der Waals surface area contributed by atoms with Gasteiger partial charge < -0.3 is 5.32 Å². The standard InChI is InChI=1S/C14H14F2N4/c1-9(2)20-8-11(6-19-20)18-7-12-13(15)3-10(5-17)4-14(12)16/h3-4,6,8-9,18H,7H2,1-2H3. The predicted octanol–water partition coefficient (Wildman–Crippen LogP) is 3.23. The fourth-order valence-electron chi connectivity index (χ4n) is 1.74. The van der Waals surface area contributed by atoms with Crippen LogP contribution in [0.15, 0.2) is 24.5 Å². The maximum absolute atomic E-state index is 13.7. The summed E-state index contributed by atoms with van der Waals surface area (Å²) in [6.07, 6.45) is 3.36. The molecule has 0 aliphatic rings. The Morgan fingerprint density at radius 1 is 1.35 bits per heavy atom. The number of nitrogens with zero attached hydrogens (tertiary/aromatic N) is 3. The van der Waals surface area contributed by atoms with E-state index in [0.717, 1.165) is 12.1 Å². The van der Waals surface area contributed by atoms with Crippen molar-refractivity contribution in [3.05, 3.63) is 47.3 Å². The first-order chi connectivity index (χ1) is 9.51. The van der Waals surface area contributed by atoms with E-state index < -0.39 is 11.6 Å². The maximum Gasteiger partial charge on any atom is 0.132 e. The van der Waals surface area contributed by atoms with Crippen LogP contribution in [0.5, 0.6) is 0 Å². The molecule has 4 nitrogen and oxygen atoms in total. The van der Waals surface area contributed by atoms with E-state index in [0.29, 0.717) is 5.69 Å². The number of anilines is 1. The molecular formula is C14H14F2N4. The number of hydrogen-bond donors (Lipinski definition) is 1. The number of benzene rings is 1. The van der Waals surface area contributed by atoms with Crippen molar-refractivity contribution < 1.29 is 8.78 Å². The van der Waals surface area contributed by atoms with E-state index >= 15 is 0 Å². The zero-order chi connectivity index (χ0) is 14.7. The molecule has 1 aromatic heterocycles. The monoisotopic (exact) mass is 276 g/mol. The molecule has 0 fully saturated rings. The molecule has 20 heavy (non-hydrogen) atoms. The minimum Gasteiger partial charge on any atom is -0.378 e. The summed E-state index contributed by atoms with van der Waals surface area (Å²) in [7, 11) is 0. The third kappa shape index (κ3) is 2.94. The van der Waals surface area contributed by atoms with Crippen LogP contribution in [0.2, 0.25) is 0 Å². The quantitative estimate of drug-likeness (QED) is 0.932. The van der Waals surface area contributed by atoms with Gasteiger partial charge in [0, 0.05) is 24.3 Å². The Morgan fingerprint density at radius 2 is 2.00 bits per heavy atom. The molecule has 1 aromatic carbocycles. The minimum absolute atomic E-state index is 0.00678. The van der Waals surface area contributed by atoms with E-state index in [1.165, 1.54) is 0 Å². The molecule has 6 heteroatoms. The zero-order valence-corrected chi connectivity index (χ0v) is 11.2. The van der Waals surface area contributed by atoms with Crippen molar-refractivity contribution in [2.75, 3.05) is 5.32 Å². The summed E-state index contributed by atoms with van der Waals surface area (Å²) in [5.41, 5.74) is 0.555. The molecule has 0 atom stereocenters. The largest absolute Gasteiger partial charge is 0.378 e. The van der Waals surface area contributed by atoms with Crippen LogP contribution in [-0.2, 0) is 6.54 Å². The molecule has 0 aliphatic carbocycles. The molecule has 1 heterocycles. The average Bonchev–Trinajstić information content (AvgIpc) is 2.86. The lowest BCUT2D eigenvalue weighted by atomic mass is 10.1. The van der Waals surface area contributed by atoms with Gasteiger partial charge in [0.1, 0.15) is 11.6 Å². The van der Waals surface area contributed by atoms with Crippen molar-refractivity contribution in [2.45, 2.75) is 26.4 Å². The second kappa shape index (κ2) is 5.70. The summed E-state index contributed by atoms with van der Waals surface area (Å²) in [5.74, 6) is -1.46. The van der Waals surface area contributed by atoms with Gasteiger partial charge in [0.05, 0.1) is 23.5 Å². The summed E-state index contributed by atoms with van der Waals surface area (Å²) >= 11 is 0. The van der Waals surface area contributed by atoms with Gasteiger partial charge in [0.2, 0.25) is 0 Å². The van der Waals surface area contributed by atoms with E-state index in [2.05, 4.69) is 10.4 Å². The number of aromatic nitrogens is 2. The molecule has 0 saturated carbocycles.